The number of ether oxygens (including phenoxy) is 1. The molecule has 3 nitrogen and oxygen atoms in total. The van der Waals surface area contributed by atoms with Crippen molar-refractivity contribution in [2.75, 3.05) is 0 Å². The van der Waals surface area contributed by atoms with Gasteiger partial charge in [0.25, 0.3) is 0 Å². The van der Waals surface area contributed by atoms with Crippen LogP contribution in [0.15, 0.2) is 11.4 Å². The molecule has 17 heavy (non-hydrogen) atoms. The Balaban J connectivity index is 1.88. The Labute approximate surface area is 106 Å². The molecule has 0 bridgehead atoms. The zero-order chi connectivity index (χ0) is 12.5. The van der Waals surface area contributed by atoms with Crippen molar-refractivity contribution < 1.29 is 9.53 Å². The second kappa shape index (κ2) is 4.69. The van der Waals surface area contributed by atoms with E-state index in [1.165, 1.54) is 10.4 Å². The first-order valence-corrected chi connectivity index (χ1v) is 6.87. The van der Waals surface area contributed by atoms with Gasteiger partial charge in [0.1, 0.15) is 5.60 Å². The lowest BCUT2D eigenvalue weighted by Gasteiger charge is -2.26. The van der Waals surface area contributed by atoms with E-state index >= 15 is 0 Å². The Bertz CT molecular complexity index is 406. The second-order valence-electron chi connectivity index (χ2n) is 5.45. The third-order valence-electron chi connectivity index (χ3n) is 2.75. The number of carbonyl (C=O) groups is 1. The molecule has 1 aromatic rings. The number of fused-ring (bicyclic) bond motifs is 1. The van der Waals surface area contributed by atoms with Crippen molar-refractivity contribution in [3.05, 3.63) is 21.9 Å². The second-order valence-corrected chi connectivity index (χ2v) is 6.46. The highest BCUT2D eigenvalue weighted by Gasteiger charge is 2.23. The van der Waals surface area contributed by atoms with E-state index in [4.69, 9.17) is 4.74 Å². The van der Waals surface area contributed by atoms with Gasteiger partial charge < -0.3 is 10.1 Å². The highest BCUT2D eigenvalue weighted by Crippen LogP contribution is 2.26. The van der Waals surface area contributed by atoms with Crippen LogP contribution in [0.1, 0.15) is 37.6 Å². The maximum absolute atomic E-state index is 11.6. The first-order valence-electron chi connectivity index (χ1n) is 5.99. The summed E-state index contributed by atoms with van der Waals surface area (Å²) in [5.74, 6) is 0. The van der Waals surface area contributed by atoms with E-state index in [9.17, 15) is 4.79 Å². The maximum atomic E-state index is 11.6. The van der Waals surface area contributed by atoms with E-state index in [0.29, 0.717) is 0 Å². The van der Waals surface area contributed by atoms with Gasteiger partial charge in [0.05, 0.1) is 0 Å². The van der Waals surface area contributed by atoms with Crippen LogP contribution in [0.25, 0.3) is 0 Å². The predicted molar refractivity (Wildman–Crippen MR) is 69.5 cm³/mol. The highest BCUT2D eigenvalue weighted by atomic mass is 32.1. The van der Waals surface area contributed by atoms with Crippen LogP contribution in [-0.4, -0.2) is 17.7 Å². The average molecular weight is 253 g/mol. The average Bonchev–Trinajstić information content (AvgIpc) is 2.61. The smallest absolute Gasteiger partial charge is 0.407 e. The van der Waals surface area contributed by atoms with Crippen LogP contribution in [0, 0.1) is 0 Å². The first kappa shape index (κ1) is 12.4. The van der Waals surface area contributed by atoms with E-state index in [-0.39, 0.29) is 12.1 Å². The van der Waals surface area contributed by atoms with Gasteiger partial charge in [-0.3, -0.25) is 0 Å². The molecule has 0 aromatic carbocycles. The number of nitrogens with one attached hydrogen (secondary N) is 1. The largest absolute Gasteiger partial charge is 0.444 e. The molecular weight excluding hydrogens is 234 g/mol. The van der Waals surface area contributed by atoms with E-state index in [0.717, 1.165) is 19.3 Å². The van der Waals surface area contributed by atoms with Crippen LogP contribution in [0.4, 0.5) is 4.79 Å². The third kappa shape index (κ3) is 3.46. The quantitative estimate of drug-likeness (QED) is 0.835. The molecule has 0 radical (unpaired) electrons. The molecule has 0 saturated heterocycles. The van der Waals surface area contributed by atoms with Crippen LogP contribution in [0.2, 0.25) is 0 Å². The van der Waals surface area contributed by atoms with Crippen LogP contribution in [0.3, 0.4) is 0 Å². The van der Waals surface area contributed by atoms with Gasteiger partial charge in [0, 0.05) is 17.3 Å². The lowest BCUT2D eigenvalue weighted by molar-refractivity contribution is 0.0500. The number of alkyl carbamates (subject to hydrolysis) is 1. The van der Waals surface area contributed by atoms with Crippen LogP contribution in [-0.2, 0) is 17.6 Å². The number of amides is 1. The van der Waals surface area contributed by atoms with Gasteiger partial charge in [-0.05, 0) is 50.6 Å². The molecule has 1 amide bonds. The third-order valence-corrected chi connectivity index (χ3v) is 3.74. The van der Waals surface area contributed by atoms with Gasteiger partial charge >= 0.3 is 6.09 Å². The van der Waals surface area contributed by atoms with E-state index in [1.54, 1.807) is 11.3 Å². The molecule has 1 N–H and O–H groups in total. The molecule has 1 aliphatic carbocycles. The molecular formula is C13H19NO2S. The zero-order valence-corrected chi connectivity index (χ0v) is 11.4. The summed E-state index contributed by atoms with van der Waals surface area (Å²) in [7, 11) is 0. The summed E-state index contributed by atoms with van der Waals surface area (Å²) in [6.07, 6.45) is 2.69. The highest BCUT2D eigenvalue weighted by molar-refractivity contribution is 7.10. The van der Waals surface area contributed by atoms with Crippen molar-refractivity contribution in [1.29, 1.82) is 0 Å². The molecule has 1 aliphatic rings. The fourth-order valence-electron chi connectivity index (χ4n) is 2.02. The number of rotatable bonds is 1. The maximum Gasteiger partial charge on any atom is 0.407 e. The Morgan fingerprint density at radius 3 is 3.00 bits per heavy atom. The minimum Gasteiger partial charge on any atom is -0.444 e. The van der Waals surface area contributed by atoms with Crippen molar-refractivity contribution in [3.63, 3.8) is 0 Å². The molecule has 1 unspecified atom stereocenters. The minimum atomic E-state index is -0.424. The van der Waals surface area contributed by atoms with Crippen LogP contribution in [0.5, 0.6) is 0 Å². The molecule has 1 aromatic heterocycles. The van der Waals surface area contributed by atoms with Crippen molar-refractivity contribution in [2.45, 2.75) is 51.7 Å². The summed E-state index contributed by atoms with van der Waals surface area (Å²) in [6.45, 7) is 5.64. The van der Waals surface area contributed by atoms with Crippen LogP contribution < -0.4 is 5.32 Å². The number of hydrogen-bond donors (Lipinski definition) is 1. The minimum absolute atomic E-state index is 0.219. The van der Waals surface area contributed by atoms with Gasteiger partial charge in [-0.1, -0.05) is 0 Å². The number of carbonyl (C=O) groups excluding carboxylic acids is 1. The van der Waals surface area contributed by atoms with Crippen LogP contribution >= 0.6 is 11.3 Å². The molecule has 0 fully saturated rings. The van der Waals surface area contributed by atoms with E-state index in [2.05, 4.69) is 16.8 Å². The van der Waals surface area contributed by atoms with Gasteiger partial charge in [0.15, 0.2) is 0 Å². The summed E-state index contributed by atoms with van der Waals surface area (Å²) in [5.41, 5.74) is 1.02. The molecule has 1 heterocycles. The lowest BCUT2D eigenvalue weighted by atomic mass is 9.95. The summed E-state index contributed by atoms with van der Waals surface area (Å²) in [5, 5.41) is 5.08. The number of thiophene rings is 1. The normalized spacial score (nSPS) is 19.6. The zero-order valence-electron chi connectivity index (χ0n) is 10.6. The molecule has 2 rings (SSSR count). The van der Waals surface area contributed by atoms with Crippen molar-refractivity contribution >= 4 is 17.4 Å². The van der Waals surface area contributed by atoms with Gasteiger partial charge in [-0.25, -0.2) is 4.79 Å². The van der Waals surface area contributed by atoms with Gasteiger partial charge in [-0.15, -0.1) is 11.3 Å². The van der Waals surface area contributed by atoms with Crippen molar-refractivity contribution in [1.82, 2.24) is 5.32 Å². The first-order chi connectivity index (χ1) is 7.94. The summed E-state index contributed by atoms with van der Waals surface area (Å²) in [6, 6.07) is 2.40. The predicted octanol–water partition coefficient (Wildman–Crippen LogP) is 3.13. The SMILES string of the molecule is CC(C)(C)OC(=O)NC1CCc2ccsc2C1. The van der Waals surface area contributed by atoms with E-state index < -0.39 is 5.60 Å². The molecule has 0 saturated carbocycles. The fraction of sp³-hybridized carbons (Fsp3) is 0.615. The Morgan fingerprint density at radius 1 is 1.53 bits per heavy atom. The van der Waals surface area contributed by atoms with Crippen molar-refractivity contribution in [3.8, 4) is 0 Å². The number of aryl methyl sites for hydroxylation is 1. The van der Waals surface area contributed by atoms with Gasteiger partial charge in [0.2, 0.25) is 0 Å². The van der Waals surface area contributed by atoms with Gasteiger partial charge in [-0.2, -0.15) is 0 Å². The fourth-order valence-corrected chi connectivity index (χ4v) is 3.04. The summed E-state index contributed by atoms with van der Waals surface area (Å²) in [4.78, 5) is 13.0. The monoisotopic (exact) mass is 253 g/mol. The summed E-state index contributed by atoms with van der Waals surface area (Å²) < 4.78 is 5.26. The topological polar surface area (TPSA) is 38.3 Å². The number of hydrogen-bond acceptors (Lipinski definition) is 3. The van der Waals surface area contributed by atoms with E-state index in [1.807, 2.05) is 20.8 Å². The molecule has 1 atom stereocenters. The Kier molecular flexibility index (Phi) is 3.43. The lowest BCUT2D eigenvalue weighted by Crippen LogP contribution is -2.41. The molecule has 0 spiro atoms. The van der Waals surface area contributed by atoms with Crippen molar-refractivity contribution in [2.24, 2.45) is 0 Å². The standard InChI is InChI=1S/C13H19NO2S/c1-13(2,3)16-12(15)14-10-5-4-9-6-7-17-11(9)8-10/h6-7,10H,4-5,8H2,1-3H3,(H,14,15). The molecule has 4 heteroatoms. The summed E-state index contributed by atoms with van der Waals surface area (Å²) >= 11 is 1.78. The molecule has 94 valence electrons. The Hall–Kier alpha value is -1.03. The Morgan fingerprint density at radius 2 is 2.29 bits per heavy atom. The molecule has 0 aliphatic heterocycles.